The first kappa shape index (κ1) is 20.0. The van der Waals surface area contributed by atoms with E-state index in [1.807, 2.05) is 54.6 Å². The minimum Gasteiger partial charge on any atom is -0.493 e. The Hall–Kier alpha value is -3.25. The number of imidazole rings is 2. The number of hydrogen-bond donors (Lipinski definition) is 3. The molecule has 0 saturated heterocycles. The van der Waals surface area contributed by atoms with Crippen LogP contribution in [0.4, 0.5) is 0 Å². The van der Waals surface area contributed by atoms with Gasteiger partial charge in [0.25, 0.3) is 0 Å². The molecule has 6 nitrogen and oxygen atoms in total. The Balaban J connectivity index is 1.78. The molecule has 0 fully saturated rings. The molecule has 7 heteroatoms. The van der Waals surface area contributed by atoms with Crippen LogP contribution in [0.1, 0.15) is 23.1 Å². The average Bonchev–Trinajstić information content (AvgIpc) is 3.34. The highest BCUT2D eigenvalue weighted by atomic mass is 127. The second-order valence-electron chi connectivity index (χ2n) is 6.88. The molecule has 0 aliphatic carbocycles. The van der Waals surface area contributed by atoms with Crippen molar-refractivity contribution < 1.29 is 5.11 Å². The van der Waals surface area contributed by atoms with Crippen LogP contribution in [0.15, 0.2) is 65.6 Å². The maximum Gasteiger partial charge on any atom is 0.329 e. The molecule has 4 rings (SSSR count). The lowest BCUT2D eigenvalue weighted by Crippen LogP contribution is -2.25. The van der Waals surface area contributed by atoms with Crippen molar-refractivity contribution in [3.05, 3.63) is 91.9 Å². The molecule has 2 aromatic heterocycles. The fraction of sp³-hybridized carbons (Fsp3) is 0.130. The first-order valence-corrected chi connectivity index (χ1v) is 10.4. The number of nitrogens with one attached hydrogen (secondary N) is 2. The van der Waals surface area contributed by atoms with Crippen molar-refractivity contribution in [3.8, 4) is 29.5 Å². The van der Waals surface area contributed by atoms with Crippen LogP contribution in [-0.4, -0.2) is 24.6 Å². The van der Waals surface area contributed by atoms with Crippen molar-refractivity contribution >= 4 is 22.6 Å². The number of aromatic nitrogens is 4. The zero-order chi connectivity index (χ0) is 21.1. The number of benzene rings is 2. The van der Waals surface area contributed by atoms with Gasteiger partial charge in [-0.15, -0.1) is 12.3 Å². The van der Waals surface area contributed by atoms with Crippen molar-refractivity contribution in [2.75, 3.05) is 0 Å². The van der Waals surface area contributed by atoms with Crippen LogP contribution >= 0.6 is 22.6 Å². The SMILES string of the molecule is C#CCc1[nH]c(=O)n([C@H](Cc2ccccc2)c2ncc(-c3ccc(I)cc3)[nH]2)c1O. The first-order valence-electron chi connectivity index (χ1n) is 9.37. The predicted molar refractivity (Wildman–Crippen MR) is 124 cm³/mol. The molecule has 150 valence electrons. The summed E-state index contributed by atoms with van der Waals surface area (Å²) in [5.41, 5.74) is 2.74. The lowest BCUT2D eigenvalue weighted by atomic mass is 10.1. The zero-order valence-corrected chi connectivity index (χ0v) is 18.1. The van der Waals surface area contributed by atoms with E-state index < -0.39 is 11.7 Å². The van der Waals surface area contributed by atoms with Gasteiger partial charge in [-0.25, -0.2) is 9.78 Å². The van der Waals surface area contributed by atoms with E-state index in [4.69, 9.17) is 6.42 Å². The number of nitrogens with zero attached hydrogens (tertiary/aromatic N) is 2. The number of rotatable bonds is 6. The molecule has 0 amide bonds. The predicted octanol–water partition coefficient (Wildman–Crippen LogP) is 3.88. The molecule has 3 N–H and O–H groups in total. The Morgan fingerprint density at radius 2 is 1.87 bits per heavy atom. The Bertz CT molecular complexity index is 1250. The number of H-pyrrole nitrogens is 2. The maximum absolute atomic E-state index is 12.7. The summed E-state index contributed by atoms with van der Waals surface area (Å²) in [7, 11) is 0. The van der Waals surface area contributed by atoms with Gasteiger partial charge in [-0.1, -0.05) is 42.5 Å². The highest BCUT2D eigenvalue weighted by molar-refractivity contribution is 14.1. The number of aromatic hydroxyl groups is 1. The molecule has 0 radical (unpaired) electrons. The fourth-order valence-electron chi connectivity index (χ4n) is 3.43. The van der Waals surface area contributed by atoms with Crippen molar-refractivity contribution in [2.24, 2.45) is 0 Å². The average molecular weight is 510 g/mol. The van der Waals surface area contributed by atoms with E-state index in [0.29, 0.717) is 17.9 Å². The number of halogens is 1. The molecule has 30 heavy (non-hydrogen) atoms. The Morgan fingerprint density at radius 1 is 1.13 bits per heavy atom. The van der Waals surface area contributed by atoms with Crippen molar-refractivity contribution in [1.29, 1.82) is 0 Å². The van der Waals surface area contributed by atoms with Crippen molar-refractivity contribution in [3.63, 3.8) is 0 Å². The quantitative estimate of drug-likeness (QED) is 0.272. The minimum absolute atomic E-state index is 0.137. The van der Waals surface area contributed by atoms with Gasteiger partial charge in [0.15, 0.2) is 0 Å². The van der Waals surface area contributed by atoms with Crippen molar-refractivity contribution in [2.45, 2.75) is 18.9 Å². The highest BCUT2D eigenvalue weighted by Crippen LogP contribution is 2.28. The van der Waals surface area contributed by atoms with Crippen LogP contribution in [0, 0.1) is 15.9 Å². The van der Waals surface area contributed by atoms with Gasteiger partial charge < -0.3 is 15.1 Å². The smallest absolute Gasteiger partial charge is 0.329 e. The van der Waals surface area contributed by atoms with E-state index in [1.54, 1.807) is 6.20 Å². The van der Waals surface area contributed by atoms with E-state index in [0.717, 1.165) is 20.4 Å². The Kier molecular flexibility index (Phi) is 5.77. The summed E-state index contributed by atoms with van der Waals surface area (Å²) in [6.07, 6.45) is 7.72. The van der Waals surface area contributed by atoms with E-state index >= 15 is 0 Å². The van der Waals surface area contributed by atoms with E-state index in [2.05, 4.69) is 43.5 Å². The van der Waals surface area contributed by atoms with Gasteiger partial charge in [-0.2, -0.15) is 0 Å². The van der Waals surface area contributed by atoms with Gasteiger partial charge in [0, 0.05) is 9.99 Å². The molecule has 2 heterocycles. The van der Waals surface area contributed by atoms with Crippen LogP contribution in [0.2, 0.25) is 0 Å². The summed E-state index contributed by atoms with van der Waals surface area (Å²) in [4.78, 5) is 23.2. The lowest BCUT2D eigenvalue weighted by molar-refractivity contribution is 0.385. The summed E-state index contributed by atoms with van der Waals surface area (Å²) in [6, 6.07) is 17.3. The standard InChI is InChI=1S/C23H19IN4O2/c1-2-6-18-22(29)28(23(30)27-18)20(13-15-7-4-3-5-8-15)21-25-14-19(26-21)16-9-11-17(24)12-10-16/h1,3-5,7-12,14,20,29H,6,13H2,(H,25,26)(H,27,30)/t20-/m1/s1. The molecule has 0 bridgehead atoms. The second kappa shape index (κ2) is 8.63. The third kappa shape index (κ3) is 4.04. The third-order valence-electron chi connectivity index (χ3n) is 4.90. The fourth-order valence-corrected chi connectivity index (χ4v) is 3.79. The van der Waals surface area contributed by atoms with Gasteiger partial charge in [0.2, 0.25) is 5.88 Å². The molecule has 0 aliphatic heterocycles. The number of aromatic amines is 2. The molecular formula is C23H19IN4O2. The largest absolute Gasteiger partial charge is 0.493 e. The number of terminal acetylenes is 1. The minimum atomic E-state index is -0.528. The summed E-state index contributed by atoms with van der Waals surface area (Å²) in [5, 5.41) is 10.7. The van der Waals surface area contributed by atoms with Crippen LogP contribution < -0.4 is 5.69 Å². The summed E-state index contributed by atoms with van der Waals surface area (Å²) < 4.78 is 2.46. The van der Waals surface area contributed by atoms with Gasteiger partial charge in [-0.3, -0.25) is 4.57 Å². The molecule has 1 atom stereocenters. The highest BCUT2D eigenvalue weighted by Gasteiger charge is 2.25. The molecule has 0 unspecified atom stereocenters. The molecular weight excluding hydrogens is 491 g/mol. The van der Waals surface area contributed by atoms with Gasteiger partial charge >= 0.3 is 5.69 Å². The van der Waals surface area contributed by atoms with Crippen molar-refractivity contribution in [1.82, 2.24) is 19.5 Å². The molecule has 4 aromatic rings. The summed E-state index contributed by atoms with van der Waals surface area (Å²) >= 11 is 2.26. The first-order chi connectivity index (χ1) is 14.6. The number of hydrogen-bond acceptors (Lipinski definition) is 3. The van der Waals surface area contributed by atoms with Crippen LogP contribution in [0.25, 0.3) is 11.3 Å². The molecule has 0 spiro atoms. The maximum atomic E-state index is 12.7. The van der Waals surface area contributed by atoms with Crippen LogP contribution in [0.5, 0.6) is 5.88 Å². The van der Waals surface area contributed by atoms with Crippen LogP contribution in [0.3, 0.4) is 0 Å². The molecule has 0 saturated carbocycles. The zero-order valence-electron chi connectivity index (χ0n) is 16.0. The molecule has 2 aromatic carbocycles. The Labute approximate surface area is 187 Å². The normalized spacial score (nSPS) is 11.9. The van der Waals surface area contributed by atoms with E-state index in [-0.39, 0.29) is 12.3 Å². The van der Waals surface area contributed by atoms with Gasteiger partial charge in [0.05, 0.1) is 24.0 Å². The lowest BCUT2D eigenvalue weighted by Gasteiger charge is -2.17. The van der Waals surface area contributed by atoms with E-state index in [1.165, 1.54) is 4.57 Å². The second-order valence-corrected chi connectivity index (χ2v) is 8.12. The van der Waals surface area contributed by atoms with Crippen LogP contribution in [-0.2, 0) is 12.8 Å². The monoisotopic (exact) mass is 510 g/mol. The Morgan fingerprint density at radius 3 is 2.57 bits per heavy atom. The summed E-state index contributed by atoms with van der Waals surface area (Å²) in [5.74, 6) is 2.88. The van der Waals surface area contributed by atoms with E-state index in [9.17, 15) is 9.90 Å². The summed E-state index contributed by atoms with van der Waals surface area (Å²) in [6.45, 7) is 0. The van der Waals surface area contributed by atoms with Gasteiger partial charge in [-0.05, 0) is 45.9 Å². The third-order valence-corrected chi connectivity index (χ3v) is 5.62. The van der Waals surface area contributed by atoms with Gasteiger partial charge in [0.1, 0.15) is 11.9 Å². The molecule has 0 aliphatic rings. The topological polar surface area (TPSA) is 86.7 Å².